The van der Waals surface area contributed by atoms with Crippen LogP contribution in [0, 0.1) is 18.3 Å². The normalized spacial score (nSPS) is 20.1. The van der Waals surface area contributed by atoms with Gasteiger partial charge >= 0.3 is 0 Å². The van der Waals surface area contributed by atoms with Crippen LogP contribution in [0.25, 0.3) is 0 Å². The molecule has 1 atom stereocenters. The van der Waals surface area contributed by atoms with Crippen molar-refractivity contribution in [2.24, 2.45) is 0 Å². The molecule has 90 valence electrons. The smallest absolute Gasteiger partial charge is 0.147 e. The van der Waals surface area contributed by atoms with Crippen LogP contribution in [-0.2, 0) is 0 Å². The number of nitriles is 1. The average Bonchev–Trinajstić information content (AvgIpc) is 2.38. The minimum atomic E-state index is 0.102. The summed E-state index contributed by atoms with van der Waals surface area (Å²) in [5.41, 5.74) is 1.50. The third-order valence-electron chi connectivity index (χ3n) is 3.24. The van der Waals surface area contributed by atoms with Gasteiger partial charge in [-0.15, -0.1) is 0 Å². The number of hydrogen-bond acceptors (Lipinski definition) is 4. The number of aliphatic hydroxyl groups is 1. The molecule has 0 aliphatic carbocycles. The molecule has 1 N–H and O–H groups in total. The van der Waals surface area contributed by atoms with E-state index in [1.54, 1.807) is 6.07 Å². The summed E-state index contributed by atoms with van der Waals surface area (Å²) < 4.78 is 0. The highest BCUT2D eigenvalue weighted by atomic mass is 16.3. The van der Waals surface area contributed by atoms with Gasteiger partial charge < -0.3 is 10.0 Å². The van der Waals surface area contributed by atoms with Crippen molar-refractivity contribution in [1.82, 2.24) is 4.98 Å². The zero-order valence-corrected chi connectivity index (χ0v) is 10.1. The monoisotopic (exact) mass is 231 g/mol. The molecule has 0 spiro atoms. The molecule has 0 radical (unpaired) electrons. The van der Waals surface area contributed by atoms with Gasteiger partial charge in [-0.05, 0) is 38.3 Å². The van der Waals surface area contributed by atoms with Crippen molar-refractivity contribution in [2.75, 3.05) is 18.1 Å². The maximum Gasteiger partial charge on any atom is 0.147 e. The zero-order chi connectivity index (χ0) is 12.3. The van der Waals surface area contributed by atoms with E-state index >= 15 is 0 Å². The van der Waals surface area contributed by atoms with Gasteiger partial charge in [-0.3, -0.25) is 0 Å². The molecule has 0 amide bonds. The summed E-state index contributed by atoms with van der Waals surface area (Å²) in [5.74, 6) is 0.728. The Kier molecular flexibility index (Phi) is 3.60. The van der Waals surface area contributed by atoms with E-state index < -0.39 is 0 Å². The number of aryl methyl sites for hydroxylation is 1. The van der Waals surface area contributed by atoms with Crippen LogP contribution in [0.5, 0.6) is 0 Å². The van der Waals surface area contributed by atoms with Crippen molar-refractivity contribution in [2.45, 2.75) is 32.2 Å². The van der Waals surface area contributed by atoms with Gasteiger partial charge in [0.15, 0.2) is 0 Å². The molecule has 17 heavy (non-hydrogen) atoms. The van der Waals surface area contributed by atoms with E-state index in [9.17, 15) is 5.11 Å². The van der Waals surface area contributed by atoms with Crippen molar-refractivity contribution in [3.8, 4) is 6.07 Å². The third kappa shape index (κ3) is 2.40. The van der Waals surface area contributed by atoms with Crippen LogP contribution in [0.4, 0.5) is 5.82 Å². The fourth-order valence-electron chi connectivity index (χ4n) is 2.32. The zero-order valence-electron chi connectivity index (χ0n) is 10.1. The van der Waals surface area contributed by atoms with E-state index in [0.717, 1.165) is 37.3 Å². The maximum absolute atomic E-state index is 9.40. The molecule has 0 saturated carbocycles. The molecule has 1 unspecified atom stereocenters. The number of nitrogens with zero attached hydrogens (tertiary/aromatic N) is 3. The lowest BCUT2D eigenvalue weighted by Crippen LogP contribution is -2.42. The van der Waals surface area contributed by atoms with Gasteiger partial charge in [0.25, 0.3) is 0 Å². The first-order chi connectivity index (χ1) is 8.26. The molecule has 2 rings (SSSR count). The van der Waals surface area contributed by atoms with Crippen LogP contribution >= 0.6 is 0 Å². The molecule has 1 aliphatic heterocycles. The average molecular weight is 231 g/mol. The van der Waals surface area contributed by atoms with E-state index in [2.05, 4.69) is 16.0 Å². The van der Waals surface area contributed by atoms with Gasteiger partial charge in [-0.25, -0.2) is 4.98 Å². The number of piperidine rings is 1. The van der Waals surface area contributed by atoms with Gasteiger partial charge in [0.2, 0.25) is 0 Å². The summed E-state index contributed by atoms with van der Waals surface area (Å²) in [6, 6.07) is 5.93. The van der Waals surface area contributed by atoms with Crippen LogP contribution < -0.4 is 4.90 Å². The molecule has 0 aromatic carbocycles. The Bertz CT molecular complexity index is 439. The Morgan fingerprint density at radius 1 is 1.53 bits per heavy atom. The van der Waals surface area contributed by atoms with Crippen molar-refractivity contribution in [1.29, 1.82) is 5.26 Å². The second-order valence-electron chi connectivity index (χ2n) is 4.46. The lowest BCUT2D eigenvalue weighted by atomic mass is 10.0. The van der Waals surface area contributed by atoms with E-state index in [0.29, 0.717) is 5.56 Å². The van der Waals surface area contributed by atoms with E-state index in [1.807, 2.05) is 13.0 Å². The first kappa shape index (κ1) is 11.9. The fraction of sp³-hybridized carbons (Fsp3) is 0.538. The van der Waals surface area contributed by atoms with E-state index in [-0.39, 0.29) is 12.6 Å². The van der Waals surface area contributed by atoms with Crippen molar-refractivity contribution in [3.05, 3.63) is 23.4 Å². The minimum Gasteiger partial charge on any atom is -0.394 e. The van der Waals surface area contributed by atoms with E-state index in [4.69, 9.17) is 5.26 Å². The number of rotatable bonds is 2. The number of aliphatic hydroxyl groups excluding tert-OH is 1. The maximum atomic E-state index is 9.40. The summed E-state index contributed by atoms with van der Waals surface area (Å²) in [6.45, 7) is 2.92. The second kappa shape index (κ2) is 5.15. The second-order valence-corrected chi connectivity index (χ2v) is 4.46. The van der Waals surface area contributed by atoms with Crippen LogP contribution in [0.1, 0.15) is 30.5 Å². The summed E-state index contributed by atoms with van der Waals surface area (Å²) >= 11 is 0. The van der Waals surface area contributed by atoms with Gasteiger partial charge in [0.05, 0.1) is 18.2 Å². The summed E-state index contributed by atoms with van der Waals surface area (Å²) in [7, 11) is 0. The molecule has 1 aliphatic rings. The molecular formula is C13H17N3O. The number of aromatic nitrogens is 1. The number of hydrogen-bond donors (Lipinski definition) is 1. The Hall–Kier alpha value is -1.60. The lowest BCUT2D eigenvalue weighted by molar-refractivity contribution is 0.239. The van der Waals surface area contributed by atoms with Crippen LogP contribution in [0.15, 0.2) is 12.1 Å². The largest absolute Gasteiger partial charge is 0.394 e. The molecule has 1 aromatic heterocycles. The topological polar surface area (TPSA) is 60.2 Å². The predicted molar refractivity (Wildman–Crippen MR) is 65.8 cm³/mol. The van der Waals surface area contributed by atoms with Crippen LogP contribution in [-0.4, -0.2) is 29.3 Å². The molecular weight excluding hydrogens is 214 g/mol. The minimum absolute atomic E-state index is 0.102. The standard InChI is InChI=1S/C13H17N3O/c1-10-5-6-11(8-14)13(15-10)16-7-3-2-4-12(16)9-17/h5-6,12,17H,2-4,7,9H2,1H3. The van der Waals surface area contributed by atoms with Crippen molar-refractivity contribution in [3.63, 3.8) is 0 Å². The lowest BCUT2D eigenvalue weighted by Gasteiger charge is -2.36. The highest BCUT2D eigenvalue weighted by Crippen LogP contribution is 2.26. The SMILES string of the molecule is Cc1ccc(C#N)c(N2CCCCC2CO)n1. The summed E-state index contributed by atoms with van der Waals surface area (Å²) in [6.07, 6.45) is 3.20. The number of anilines is 1. The molecule has 1 saturated heterocycles. The van der Waals surface area contributed by atoms with Gasteiger partial charge in [0, 0.05) is 12.2 Å². The molecule has 2 heterocycles. The highest BCUT2D eigenvalue weighted by Gasteiger charge is 2.24. The fourth-order valence-corrected chi connectivity index (χ4v) is 2.32. The molecule has 1 fully saturated rings. The first-order valence-electron chi connectivity index (χ1n) is 6.01. The Labute approximate surface area is 102 Å². The Morgan fingerprint density at radius 3 is 3.06 bits per heavy atom. The van der Waals surface area contributed by atoms with Gasteiger partial charge in [-0.1, -0.05) is 0 Å². The number of pyridine rings is 1. The molecule has 1 aromatic rings. The quantitative estimate of drug-likeness (QED) is 0.840. The first-order valence-corrected chi connectivity index (χ1v) is 6.01. The third-order valence-corrected chi connectivity index (χ3v) is 3.24. The van der Waals surface area contributed by atoms with Gasteiger partial charge in [0.1, 0.15) is 11.9 Å². The molecule has 4 nitrogen and oxygen atoms in total. The van der Waals surface area contributed by atoms with Crippen LogP contribution in [0.2, 0.25) is 0 Å². The van der Waals surface area contributed by atoms with E-state index in [1.165, 1.54) is 0 Å². The summed E-state index contributed by atoms with van der Waals surface area (Å²) in [4.78, 5) is 6.54. The Morgan fingerprint density at radius 2 is 2.35 bits per heavy atom. The van der Waals surface area contributed by atoms with Gasteiger partial charge in [-0.2, -0.15) is 5.26 Å². The van der Waals surface area contributed by atoms with Crippen molar-refractivity contribution >= 4 is 5.82 Å². The highest BCUT2D eigenvalue weighted by molar-refractivity contribution is 5.55. The Balaban J connectivity index is 2.37. The predicted octanol–water partition coefficient (Wildman–Crippen LogP) is 1.61. The summed E-state index contributed by atoms with van der Waals surface area (Å²) in [5, 5.41) is 18.5. The van der Waals surface area contributed by atoms with Crippen molar-refractivity contribution < 1.29 is 5.11 Å². The molecule has 0 bridgehead atoms. The van der Waals surface area contributed by atoms with Crippen LogP contribution in [0.3, 0.4) is 0 Å². The molecule has 4 heteroatoms.